The van der Waals surface area contributed by atoms with Crippen LogP contribution < -0.4 is 10.3 Å². The van der Waals surface area contributed by atoms with Gasteiger partial charge in [-0.15, -0.1) is 5.11 Å². The van der Waals surface area contributed by atoms with Gasteiger partial charge in [0.15, 0.2) is 5.69 Å². The van der Waals surface area contributed by atoms with E-state index in [0.29, 0.717) is 24.3 Å². The van der Waals surface area contributed by atoms with E-state index in [2.05, 4.69) is 31.6 Å². The molecule has 0 saturated carbocycles. The highest BCUT2D eigenvalue weighted by Gasteiger charge is 2.23. The molecule has 0 aliphatic carbocycles. The number of hydrogen-bond acceptors (Lipinski definition) is 7. The maximum Gasteiger partial charge on any atom is 0.304 e. The smallest absolute Gasteiger partial charge is 0.304 e. The van der Waals surface area contributed by atoms with Crippen molar-refractivity contribution < 1.29 is 14.6 Å². The number of anilines is 2. The van der Waals surface area contributed by atoms with Crippen molar-refractivity contribution in [1.29, 1.82) is 0 Å². The second-order valence-corrected chi connectivity index (χ2v) is 6.95. The molecule has 2 rings (SSSR count). The molecular formula is C18H19BrN6O5. The first-order chi connectivity index (χ1) is 14.2. The van der Waals surface area contributed by atoms with E-state index >= 15 is 0 Å². The third-order valence-electron chi connectivity index (χ3n) is 4.07. The van der Waals surface area contributed by atoms with Crippen molar-refractivity contribution in [2.24, 2.45) is 10.3 Å². The number of benzene rings is 2. The molecule has 0 spiro atoms. The van der Waals surface area contributed by atoms with Crippen LogP contribution in [0.15, 0.2) is 45.1 Å². The van der Waals surface area contributed by atoms with Crippen LogP contribution in [0.4, 0.5) is 28.4 Å². The molecular weight excluding hydrogens is 460 g/mol. The van der Waals surface area contributed by atoms with Crippen LogP contribution in [0, 0.1) is 20.2 Å². The Kier molecular flexibility index (Phi) is 7.53. The summed E-state index contributed by atoms with van der Waals surface area (Å²) in [5.41, 5.74) is 1.07. The predicted molar refractivity (Wildman–Crippen MR) is 115 cm³/mol. The number of nitro benzene ring substituents is 2. The Morgan fingerprint density at radius 2 is 1.87 bits per heavy atom. The summed E-state index contributed by atoms with van der Waals surface area (Å²) >= 11 is 3.09. The zero-order chi connectivity index (χ0) is 22.4. The lowest BCUT2D eigenvalue weighted by Crippen LogP contribution is -2.15. The lowest BCUT2D eigenvalue weighted by Gasteiger charge is -2.18. The molecule has 1 N–H and O–H groups in total. The van der Waals surface area contributed by atoms with E-state index < -0.39 is 21.2 Å². The quantitative estimate of drug-likeness (QED) is 0.309. The molecule has 0 aliphatic heterocycles. The van der Waals surface area contributed by atoms with Gasteiger partial charge in [0.1, 0.15) is 0 Å². The number of nitrogens with zero attached hydrogens (tertiary/aromatic N) is 5. The van der Waals surface area contributed by atoms with E-state index in [4.69, 9.17) is 0 Å². The van der Waals surface area contributed by atoms with Crippen molar-refractivity contribution in [3.8, 4) is 0 Å². The average molecular weight is 479 g/mol. The summed E-state index contributed by atoms with van der Waals surface area (Å²) in [4.78, 5) is 32.3. The highest BCUT2D eigenvalue weighted by molar-refractivity contribution is 9.10. The lowest BCUT2D eigenvalue weighted by atomic mass is 10.1. The number of carbonyl (C=O) groups is 1. The summed E-state index contributed by atoms with van der Waals surface area (Å²) < 4.78 is 0.0727. The van der Waals surface area contributed by atoms with Crippen molar-refractivity contribution >= 4 is 50.3 Å². The molecule has 11 nitrogen and oxygen atoms in total. The van der Waals surface area contributed by atoms with Gasteiger partial charge < -0.3 is 5.32 Å². The first-order valence-corrected chi connectivity index (χ1v) is 9.69. The monoisotopic (exact) mass is 478 g/mol. The zero-order valence-electron chi connectivity index (χ0n) is 16.5. The first-order valence-electron chi connectivity index (χ1n) is 8.89. The molecule has 0 bridgehead atoms. The Hall–Kier alpha value is -3.41. The molecule has 0 aliphatic rings. The normalized spacial score (nSPS) is 10.8. The molecule has 1 amide bonds. The minimum Gasteiger partial charge on any atom is -0.326 e. The van der Waals surface area contributed by atoms with Gasteiger partial charge >= 0.3 is 5.69 Å². The summed E-state index contributed by atoms with van der Waals surface area (Å²) in [6, 6.07) is 7.35. The average Bonchev–Trinajstić information content (AvgIpc) is 2.68. The molecule has 0 saturated heterocycles. The van der Waals surface area contributed by atoms with Crippen molar-refractivity contribution in [3.63, 3.8) is 0 Å². The van der Waals surface area contributed by atoms with Gasteiger partial charge in [0, 0.05) is 25.2 Å². The molecule has 0 heterocycles. The third-order valence-corrected chi connectivity index (χ3v) is 4.68. The van der Waals surface area contributed by atoms with E-state index in [0.717, 1.165) is 17.7 Å². The summed E-state index contributed by atoms with van der Waals surface area (Å²) in [5, 5.41) is 34.6. The minimum absolute atomic E-state index is 0.0727. The molecule has 30 heavy (non-hydrogen) atoms. The molecule has 0 aromatic heterocycles. The number of nitro groups is 2. The first kappa shape index (κ1) is 22.9. The van der Waals surface area contributed by atoms with Crippen LogP contribution in [0.1, 0.15) is 26.3 Å². The van der Waals surface area contributed by atoms with Gasteiger partial charge in [0.05, 0.1) is 26.1 Å². The molecule has 2 aromatic carbocycles. The third kappa shape index (κ3) is 5.35. The summed E-state index contributed by atoms with van der Waals surface area (Å²) in [7, 11) is 0. The zero-order valence-corrected chi connectivity index (χ0v) is 18.0. The number of non-ortho nitro benzene ring substituents is 1. The number of halogens is 1. The van der Waals surface area contributed by atoms with Gasteiger partial charge in [0.25, 0.3) is 5.69 Å². The Morgan fingerprint density at radius 3 is 2.40 bits per heavy atom. The van der Waals surface area contributed by atoms with Gasteiger partial charge in [-0.2, -0.15) is 0 Å². The van der Waals surface area contributed by atoms with Gasteiger partial charge in [0.2, 0.25) is 5.91 Å². The number of hydrogen-bond donors (Lipinski definition) is 1. The molecule has 12 heteroatoms. The number of rotatable bonds is 8. The molecule has 0 radical (unpaired) electrons. The van der Waals surface area contributed by atoms with Gasteiger partial charge in [-0.1, -0.05) is 18.2 Å². The number of carbonyl (C=O) groups excluding carboxylic acids is 1. The fourth-order valence-electron chi connectivity index (χ4n) is 2.65. The molecule has 0 atom stereocenters. The van der Waals surface area contributed by atoms with Gasteiger partial charge in [-0.05, 0) is 47.0 Å². The number of amides is 1. The maximum absolute atomic E-state index is 11.5. The van der Waals surface area contributed by atoms with Crippen LogP contribution in [-0.4, -0.2) is 22.3 Å². The van der Waals surface area contributed by atoms with E-state index in [1.165, 1.54) is 11.9 Å². The Balaban J connectivity index is 2.46. The van der Waals surface area contributed by atoms with Crippen LogP contribution >= 0.6 is 15.9 Å². The fourth-order valence-corrected chi connectivity index (χ4v) is 3.17. The van der Waals surface area contributed by atoms with Crippen molar-refractivity contribution in [1.82, 2.24) is 0 Å². The predicted octanol–water partition coefficient (Wildman–Crippen LogP) is 5.31. The van der Waals surface area contributed by atoms with E-state index in [1.54, 1.807) is 12.1 Å². The van der Waals surface area contributed by atoms with Gasteiger partial charge in [-0.25, -0.2) is 5.01 Å². The fraction of sp³-hybridized carbons (Fsp3) is 0.278. The van der Waals surface area contributed by atoms with Crippen LogP contribution in [0.5, 0.6) is 0 Å². The maximum atomic E-state index is 11.5. The Bertz CT molecular complexity index is 1030. The van der Waals surface area contributed by atoms with Crippen LogP contribution in [-0.2, 0) is 11.2 Å². The minimum atomic E-state index is -0.757. The topological polar surface area (TPSA) is 143 Å². The standard InChI is InChI=1S/C18H19BrN6O5/c1-4-12-6-7-13(9-16(12)20-11(3)26)23(5-2)22-21-18-15(19)8-14(24(27)28)10-17(18)25(29)30/h6-10H,4-5H2,1-3H3,(H,20,26). The van der Waals surface area contributed by atoms with Gasteiger partial charge in [-0.3, -0.25) is 25.0 Å². The number of nitrogens with one attached hydrogen (secondary N) is 1. The molecule has 0 fully saturated rings. The largest absolute Gasteiger partial charge is 0.326 e. The second kappa shape index (κ2) is 9.87. The van der Waals surface area contributed by atoms with Crippen molar-refractivity contribution in [2.75, 3.05) is 16.9 Å². The van der Waals surface area contributed by atoms with Crippen LogP contribution in [0.25, 0.3) is 0 Å². The van der Waals surface area contributed by atoms with Crippen molar-refractivity contribution in [3.05, 3.63) is 60.6 Å². The number of aryl methyl sites for hydroxylation is 1. The SMILES string of the molecule is CCc1ccc(N(CC)N=Nc2c(Br)cc([N+](=O)[O-])cc2[N+](=O)[O-])cc1NC(C)=O. The summed E-state index contributed by atoms with van der Waals surface area (Å²) in [5.74, 6) is -0.211. The van der Waals surface area contributed by atoms with E-state index in [-0.39, 0.29) is 16.1 Å². The Morgan fingerprint density at radius 1 is 1.17 bits per heavy atom. The molecule has 0 unspecified atom stereocenters. The summed E-state index contributed by atoms with van der Waals surface area (Å²) in [6.45, 7) is 5.56. The van der Waals surface area contributed by atoms with Crippen molar-refractivity contribution in [2.45, 2.75) is 27.2 Å². The van der Waals surface area contributed by atoms with E-state index in [1.807, 2.05) is 19.9 Å². The van der Waals surface area contributed by atoms with Crippen LogP contribution in [0.3, 0.4) is 0 Å². The Labute approximate surface area is 180 Å². The molecule has 2 aromatic rings. The highest BCUT2D eigenvalue weighted by atomic mass is 79.9. The lowest BCUT2D eigenvalue weighted by molar-refractivity contribution is -0.393. The second-order valence-electron chi connectivity index (χ2n) is 6.09. The van der Waals surface area contributed by atoms with E-state index in [9.17, 15) is 25.0 Å². The summed E-state index contributed by atoms with van der Waals surface area (Å²) in [6.07, 6.45) is 0.714. The highest BCUT2D eigenvalue weighted by Crippen LogP contribution is 2.39. The molecule has 158 valence electrons. The van der Waals surface area contributed by atoms with Crippen LogP contribution in [0.2, 0.25) is 0 Å².